The highest BCUT2D eigenvalue weighted by Gasteiger charge is 2.43. The molecule has 2 atom stereocenters. The van der Waals surface area contributed by atoms with Crippen LogP contribution in [-0.4, -0.2) is 42.0 Å². The smallest absolute Gasteiger partial charge is 0.407 e. The highest BCUT2D eigenvalue weighted by atomic mass is 35.5. The summed E-state index contributed by atoms with van der Waals surface area (Å²) in [7, 11) is 3.08. The third kappa shape index (κ3) is 5.76. The fourth-order valence-electron chi connectivity index (χ4n) is 5.51. The number of hydrogen-bond donors (Lipinski definition) is 1. The summed E-state index contributed by atoms with van der Waals surface area (Å²) in [5.74, 6) is 0.626. The predicted octanol–water partition coefficient (Wildman–Crippen LogP) is 6.61. The van der Waals surface area contributed by atoms with Crippen LogP contribution in [0.5, 0.6) is 11.5 Å². The number of nitrogens with one attached hydrogen (secondary N) is 1. The van der Waals surface area contributed by atoms with E-state index in [9.17, 15) is 14.0 Å². The second kappa shape index (κ2) is 12.3. The molecule has 11 heteroatoms. The first-order valence-electron chi connectivity index (χ1n) is 13.8. The normalized spacial score (nSPS) is 16.3. The van der Waals surface area contributed by atoms with Crippen LogP contribution < -0.4 is 19.7 Å². The van der Waals surface area contributed by atoms with Gasteiger partial charge in [0.2, 0.25) is 5.91 Å². The van der Waals surface area contributed by atoms with Crippen molar-refractivity contribution in [2.24, 2.45) is 0 Å². The van der Waals surface area contributed by atoms with Crippen molar-refractivity contribution in [3.63, 3.8) is 0 Å². The van der Waals surface area contributed by atoms with Crippen LogP contribution >= 0.6 is 11.6 Å². The van der Waals surface area contributed by atoms with Crippen molar-refractivity contribution in [3.8, 4) is 17.2 Å². The number of hydrogen-bond acceptors (Lipinski definition) is 6. The van der Waals surface area contributed by atoms with Crippen LogP contribution in [0.2, 0.25) is 5.02 Å². The first-order chi connectivity index (χ1) is 21.3. The molecule has 1 saturated heterocycles. The number of benzene rings is 4. The molecular formula is C33H28ClFN4O5. The number of rotatable bonds is 8. The average Bonchev–Trinajstić information content (AvgIpc) is 3.60. The maximum Gasteiger partial charge on any atom is 0.407 e. The van der Waals surface area contributed by atoms with Crippen LogP contribution in [0.1, 0.15) is 23.6 Å². The molecule has 44 heavy (non-hydrogen) atoms. The Balaban J connectivity index is 1.27. The first-order valence-corrected chi connectivity index (χ1v) is 14.2. The van der Waals surface area contributed by atoms with E-state index >= 15 is 0 Å². The van der Waals surface area contributed by atoms with Gasteiger partial charge in [0.05, 0.1) is 43.7 Å². The van der Waals surface area contributed by atoms with E-state index in [0.29, 0.717) is 33.5 Å². The van der Waals surface area contributed by atoms with Gasteiger partial charge in [-0.05, 0) is 72.3 Å². The molecule has 5 aromatic rings. The van der Waals surface area contributed by atoms with Crippen molar-refractivity contribution in [3.05, 3.63) is 113 Å². The molecule has 0 spiro atoms. The lowest BCUT2D eigenvalue weighted by molar-refractivity contribution is -0.117. The Morgan fingerprint density at radius 3 is 2.55 bits per heavy atom. The molecule has 1 fully saturated rings. The number of anilines is 1. The molecular weight excluding hydrogens is 587 g/mol. The third-order valence-corrected chi connectivity index (χ3v) is 7.81. The van der Waals surface area contributed by atoms with Crippen molar-refractivity contribution >= 4 is 40.2 Å². The molecule has 9 nitrogen and oxygen atoms in total. The maximum atomic E-state index is 13.6. The van der Waals surface area contributed by atoms with E-state index in [2.05, 4.69) is 10.4 Å². The summed E-state index contributed by atoms with van der Waals surface area (Å²) in [6, 6.07) is 22.9. The largest absolute Gasteiger partial charge is 0.497 e. The van der Waals surface area contributed by atoms with E-state index in [1.54, 1.807) is 71.4 Å². The maximum absolute atomic E-state index is 13.6. The van der Waals surface area contributed by atoms with Gasteiger partial charge in [-0.15, -0.1) is 0 Å². The van der Waals surface area contributed by atoms with Crippen molar-refractivity contribution in [2.75, 3.05) is 19.1 Å². The van der Waals surface area contributed by atoms with Gasteiger partial charge >= 0.3 is 6.09 Å². The number of amides is 2. The number of fused-ring (bicyclic) bond motifs is 1. The summed E-state index contributed by atoms with van der Waals surface area (Å²) >= 11 is 6.35. The fraction of sp³-hybridized carbons (Fsp3) is 0.182. The number of ether oxygens (including phenoxy) is 3. The molecule has 1 aliphatic heterocycles. The summed E-state index contributed by atoms with van der Waals surface area (Å²) in [5, 5.41) is 8.66. The highest BCUT2D eigenvalue weighted by molar-refractivity contribution is 6.30. The van der Waals surface area contributed by atoms with Crippen molar-refractivity contribution in [1.82, 2.24) is 15.1 Å². The second-order valence-corrected chi connectivity index (χ2v) is 10.7. The fourth-order valence-corrected chi connectivity index (χ4v) is 5.70. The quantitative estimate of drug-likeness (QED) is 0.211. The molecule has 0 bridgehead atoms. The zero-order valence-electron chi connectivity index (χ0n) is 23.9. The molecule has 4 aromatic carbocycles. The predicted molar refractivity (Wildman–Crippen MR) is 164 cm³/mol. The summed E-state index contributed by atoms with van der Waals surface area (Å²) < 4.78 is 31.4. The number of aromatic nitrogens is 2. The van der Waals surface area contributed by atoms with Crippen molar-refractivity contribution in [2.45, 2.75) is 25.1 Å². The van der Waals surface area contributed by atoms with Crippen molar-refractivity contribution < 1.29 is 28.2 Å². The van der Waals surface area contributed by atoms with E-state index in [4.69, 9.17) is 25.8 Å². The Morgan fingerprint density at radius 2 is 1.80 bits per heavy atom. The Labute approximate surface area is 257 Å². The van der Waals surface area contributed by atoms with Gasteiger partial charge in [-0.3, -0.25) is 4.79 Å². The molecule has 2 amide bonds. The topological polar surface area (TPSA) is 94.9 Å². The van der Waals surface area contributed by atoms with Gasteiger partial charge in [0, 0.05) is 34.1 Å². The summed E-state index contributed by atoms with van der Waals surface area (Å²) in [6.07, 6.45) is 1.06. The minimum absolute atomic E-state index is 0.0417. The first kappa shape index (κ1) is 29.0. The van der Waals surface area contributed by atoms with Gasteiger partial charge in [-0.25, -0.2) is 13.9 Å². The molecule has 1 N–H and O–H groups in total. The number of nitrogens with zero attached hydrogens (tertiary/aromatic N) is 3. The van der Waals surface area contributed by atoms with Crippen LogP contribution in [0.4, 0.5) is 14.9 Å². The van der Waals surface area contributed by atoms with Crippen molar-refractivity contribution in [1.29, 1.82) is 0 Å². The van der Waals surface area contributed by atoms with Gasteiger partial charge in [0.25, 0.3) is 0 Å². The molecule has 224 valence electrons. The van der Waals surface area contributed by atoms with Crippen LogP contribution in [0.15, 0.2) is 91.1 Å². The summed E-state index contributed by atoms with van der Waals surface area (Å²) in [6.45, 7) is -0.0417. The Morgan fingerprint density at radius 1 is 1.00 bits per heavy atom. The van der Waals surface area contributed by atoms with Crippen LogP contribution in [0.25, 0.3) is 16.6 Å². The van der Waals surface area contributed by atoms with Gasteiger partial charge in [-0.2, -0.15) is 5.10 Å². The minimum atomic E-state index is -0.675. The molecule has 0 radical (unpaired) electrons. The van der Waals surface area contributed by atoms with E-state index < -0.39 is 18.2 Å². The zero-order chi connectivity index (χ0) is 30.8. The Kier molecular flexibility index (Phi) is 8.08. The van der Waals surface area contributed by atoms with E-state index in [1.165, 1.54) is 19.2 Å². The zero-order valence-corrected chi connectivity index (χ0v) is 24.6. The number of alkyl carbamates (subject to hydrolysis) is 1. The van der Waals surface area contributed by atoms with Gasteiger partial charge in [0.15, 0.2) is 0 Å². The van der Waals surface area contributed by atoms with Gasteiger partial charge in [-0.1, -0.05) is 23.7 Å². The lowest BCUT2D eigenvalue weighted by atomic mass is 9.99. The van der Waals surface area contributed by atoms with Gasteiger partial charge < -0.3 is 24.4 Å². The van der Waals surface area contributed by atoms with Gasteiger partial charge in [0.1, 0.15) is 23.9 Å². The lowest BCUT2D eigenvalue weighted by Crippen LogP contribution is -2.40. The molecule has 6 rings (SSSR count). The number of carbonyl (C=O) groups excluding carboxylic acids is 2. The third-order valence-electron chi connectivity index (χ3n) is 7.57. The molecule has 0 saturated carbocycles. The highest BCUT2D eigenvalue weighted by Crippen LogP contribution is 2.39. The summed E-state index contributed by atoms with van der Waals surface area (Å²) in [4.78, 5) is 28.3. The van der Waals surface area contributed by atoms with E-state index in [-0.39, 0.29) is 24.8 Å². The number of halogens is 2. The van der Waals surface area contributed by atoms with Crippen LogP contribution in [-0.2, 0) is 16.1 Å². The second-order valence-electron chi connectivity index (χ2n) is 10.2. The average molecular weight is 615 g/mol. The Hall–Kier alpha value is -5.09. The van der Waals surface area contributed by atoms with Crippen LogP contribution in [0.3, 0.4) is 0 Å². The summed E-state index contributed by atoms with van der Waals surface area (Å²) in [5.41, 5.74) is 3.55. The molecule has 2 heterocycles. The lowest BCUT2D eigenvalue weighted by Gasteiger charge is -2.29. The number of methoxy groups -OCH3 is 2. The van der Waals surface area contributed by atoms with Crippen LogP contribution in [0, 0.1) is 5.82 Å². The van der Waals surface area contributed by atoms with E-state index in [1.807, 2.05) is 24.3 Å². The number of carbonyl (C=O) groups is 2. The molecule has 1 aliphatic rings. The Bertz CT molecular complexity index is 1840. The molecule has 1 aromatic heterocycles. The monoisotopic (exact) mass is 614 g/mol. The minimum Gasteiger partial charge on any atom is -0.497 e. The molecule has 0 aliphatic carbocycles. The van der Waals surface area contributed by atoms with E-state index in [0.717, 1.165) is 16.5 Å². The molecule has 1 unspecified atom stereocenters. The standard InChI is InChI=1S/C33H28ClFN4O5/c1-42-27-12-6-21(30(16-27)43-2)19-44-33(41)37-28-17-31(40)38(32(28)20-4-3-5-23(34)14-20)26-11-13-29-22(15-26)18-36-39(29)25-9-7-24(35)8-10-25/h3-16,18,28,32H,17,19H2,1-2H3,(H,37,41)/t28?,32-/m1/s1. The SMILES string of the molecule is COc1ccc(COC(=O)NC2CC(=O)N(c3ccc4c(cnn4-c4ccc(F)cc4)c3)[C@@H]2c2cccc(Cl)c2)c(OC)c1.